The Morgan fingerprint density at radius 2 is 2.05 bits per heavy atom. The number of amides is 2. The standard InChI is InChI=1S/C13H18ClN3O3/c1-20-8-7-16-11(18)5-6-17-13(19)9-3-2-4-10(15)12(9)14/h2-4H,5-8,15H2,1H3,(H,16,18)(H,17,19). The van der Waals surface area contributed by atoms with Crippen LogP contribution in [0.25, 0.3) is 0 Å². The lowest BCUT2D eigenvalue weighted by Crippen LogP contribution is -2.32. The van der Waals surface area contributed by atoms with E-state index in [0.29, 0.717) is 24.4 Å². The predicted molar refractivity (Wildman–Crippen MR) is 77.7 cm³/mol. The van der Waals surface area contributed by atoms with Crippen molar-refractivity contribution < 1.29 is 14.3 Å². The number of nitrogens with one attached hydrogen (secondary N) is 2. The van der Waals surface area contributed by atoms with Gasteiger partial charge in [-0.1, -0.05) is 17.7 Å². The van der Waals surface area contributed by atoms with E-state index in [4.69, 9.17) is 22.1 Å². The zero-order chi connectivity index (χ0) is 15.0. The molecule has 0 radical (unpaired) electrons. The number of rotatable bonds is 7. The molecule has 2 amide bonds. The highest BCUT2D eigenvalue weighted by Crippen LogP contribution is 2.22. The van der Waals surface area contributed by atoms with Crippen molar-refractivity contribution in [3.63, 3.8) is 0 Å². The van der Waals surface area contributed by atoms with Crippen LogP contribution in [0.3, 0.4) is 0 Å². The molecular formula is C13H18ClN3O3. The summed E-state index contributed by atoms with van der Waals surface area (Å²) in [5.74, 6) is -0.506. The largest absolute Gasteiger partial charge is 0.398 e. The van der Waals surface area contributed by atoms with Gasteiger partial charge in [0.05, 0.1) is 22.9 Å². The molecule has 0 spiro atoms. The molecule has 0 heterocycles. The first-order valence-electron chi connectivity index (χ1n) is 6.14. The van der Waals surface area contributed by atoms with Crippen LogP contribution in [0.2, 0.25) is 5.02 Å². The number of anilines is 1. The van der Waals surface area contributed by atoms with Gasteiger partial charge in [0.2, 0.25) is 5.91 Å². The van der Waals surface area contributed by atoms with Crippen molar-refractivity contribution in [3.8, 4) is 0 Å². The molecular weight excluding hydrogens is 282 g/mol. The fourth-order valence-electron chi connectivity index (χ4n) is 1.49. The quantitative estimate of drug-likeness (QED) is 0.513. The summed E-state index contributed by atoms with van der Waals surface area (Å²) in [4.78, 5) is 23.2. The summed E-state index contributed by atoms with van der Waals surface area (Å²) in [7, 11) is 1.56. The lowest BCUT2D eigenvalue weighted by atomic mass is 10.2. The molecule has 0 bridgehead atoms. The number of nitrogen functional groups attached to an aromatic ring is 1. The van der Waals surface area contributed by atoms with Crippen LogP contribution in [0, 0.1) is 0 Å². The number of methoxy groups -OCH3 is 1. The molecule has 1 rings (SSSR count). The normalized spacial score (nSPS) is 10.1. The number of hydrogen-bond acceptors (Lipinski definition) is 4. The van der Waals surface area contributed by atoms with Gasteiger partial charge in [-0.05, 0) is 12.1 Å². The first-order chi connectivity index (χ1) is 9.56. The smallest absolute Gasteiger partial charge is 0.252 e. The first kappa shape index (κ1) is 16.3. The van der Waals surface area contributed by atoms with Crippen LogP contribution in [0.4, 0.5) is 5.69 Å². The molecule has 0 fully saturated rings. The second-order valence-electron chi connectivity index (χ2n) is 4.06. The molecule has 0 atom stereocenters. The molecule has 0 aliphatic rings. The molecule has 0 aliphatic heterocycles. The SMILES string of the molecule is COCCNC(=O)CCNC(=O)c1cccc(N)c1Cl. The van der Waals surface area contributed by atoms with Gasteiger partial charge in [-0.25, -0.2) is 0 Å². The zero-order valence-corrected chi connectivity index (χ0v) is 12.0. The van der Waals surface area contributed by atoms with Gasteiger partial charge in [0.15, 0.2) is 0 Å². The number of nitrogens with two attached hydrogens (primary N) is 1. The molecule has 0 aromatic heterocycles. The third kappa shape index (κ3) is 5.07. The van der Waals surface area contributed by atoms with E-state index in [2.05, 4.69) is 10.6 Å². The zero-order valence-electron chi connectivity index (χ0n) is 11.2. The Morgan fingerprint density at radius 3 is 2.75 bits per heavy atom. The molecule has 110 valence electrons. The number of ether oxygens (including phenoxy) is 1. The summed E-state index contributed by atoms with van der Waals surface area (Å²) >= 11 is 5.94. The summed E-state index contributed by atoms with van der Waals surface area (Å²) in [6.07, 6.45) is 0.190. The highest BCUT2D eigenvalue weighted by Gasteiger charge is 2.12. The van der Waals surface area contributed by atoms with Gasteiger partial charge in [0.25, 0.3) is 5.91 Å². The minimum Gasteiger partial charge on any atom is -0.398 e. The van der Waals surface area contributed by atoms with E-state index in [9.17, 15) is 9.59 Å². The predicted octanol–water partition coefficient (Wildman–Crippen LogP) is 0.805. The van der Waals surface area contributed by atoms with Crippen LogP contribution >= 0.6 is 11.6 Å². The lowest BCUT2D eigenvalue weighted by molar-refractivity contribution is -0.121. The maximum atomic E-state index is 11.9. The van der Waals surface area contributed by atoms with Gasteiger partial charge in [0.1, 0.15) is 0 Å². The summed E-state index contributed by atoms with van der Waals surface area (Å²) in [6, 6.07) is 4.84. The second-order valence-corrected chi connectivity index (χ2v) is 4.44. The first-order valence-corrected chi connectivity index (χ1v) is 6.52. The molecule has 7 heteroatoms. The van der Waals surface area contributed by atoms with E-state index in [1.165, 1.54) is 0 Å². The lowest BCUT2D eigenvalue weighted by Gasteiger charge is -2.08. The van der Waals surface area contributed by atoms with Gasteiger partial charge in [0, 0.05) is 26.6 Å². The Hall–Kier alpha value is -1.79. The molecule has 6 nitrogen and oxygen atoms in total. The summed E-state index contributed by atoms with van der Waals surface area (Å²) < 4.78 is 4.81. The molecule has 0 saturated carbocycles. The van der Waals surface area contributed by atoms with Crippen molar-refractivity contribution in [3.05, 3.63) is 28.8 Å². The maximum Gasteiger partial charge on any atom is 0.252 e. The Bertz CT molecular complexity index is 480. The third-order valence-electron chi connectivity index (χ3n) is 2.54. The molecule has 4 N–H and O–H groups in total. The van der Waals surface area contributed by atoms with E-state index in [-0.39, 0.29) is 29.8 Å². The fraction of sp³-hybridized carbons (Fsp3) is 0.385. The summed E-state index contributed by atoms with van der Waals surface area (Å²) in [6.45, 7) is 1.13. The van der Waals surface area contributed by atoms with Gasteiger partial charge < -0.3 is 21.1 Å². The van der Waals surface area contributed by atoms with Crippen LogP contribution in [0.15, 0.2) is 18.2 Å². The number of carbonyl (C=O) groups is 2. The number of benzene rings is 1. The Kier molecular flexibility index (Phi) is 6.83. The average Bonchev–Trinajstić information content (AvgIpc) is 2.42. The maximum absolute atomic E-state index is 11.9. The molecule has 0 aliphatic carbocycles. The van der Waals surface area contributed by atoms with E-state index < -0.39 is 0 Å². The molecule has 20 heavy (non-hydrogen) atoms. The van der Waals surface area contributed by atoms with Crippen molar-refractivity contribution in [2.75, 3.05) is 32.5 Å². The minimum atomic E-state index is -0.355. The van der Waals surface area contributed by atoms with Gasteiger partial charge in [-0.15, -0.1) is 0 Å². The van der Waals surface area contributed by atoms with Crippen molar-refractivity contribution in [2.45, 2.75) is 6.42 Å². The van der Waals surface area contributed by atoms with Gasteiger partial charge in [-0.2, -0.15) is 0 Å². The number of hydrogen-bond donors (Lipinski definition) is 3. The Labute approximate surface area is 122 Å². The fourth-order valence-corrected chi connectivity index (χ4v) is 1.70. The minimum absolute atomic E-state index is 0.152. The topological polar surface area (TPSA) is 93.5 Å². The number of halogens is 1. The van der Waals surface area contributed by atoms with E-state index in [1.54, 1.807) is 25.3 Å². The van der Waals surface area contributed by atoms with Crippen LogP contribution < -0.4 is 16.4 Å². The van der Waals surface area contributed by atoms with Crippen molar-refractivity contribution >= 4 is 29.1 Å². The summed E-state index contributed by atoms with van der Waals surface area (Å²) in [5, 5.41) is 5.49. The van der Waals surface area contributed by atoms with Crippen LogP contribution in [-0.2, 0) is 9.53 Å². The number of carbonyl (C=O) groups excluding carboxylic acids is 2. The Balaban J connectivity index is 2.37. The second kappa shape index (κ2) is 8.39. The van der Waals surface area contributed by atoms with Crippen molar-refractivity contribution in [2.24, 2.45) is 0 Å². The average molecular weight is 300 g/mol. The van der Waals surface area contributed by atoms with Crippen LogP contribution in [0.1, 0.15) is 16.8 Å². The van der Waals surface area contributed by atoms with E-state index >= 15 is 0 Å². The third-order valence-corrected chi connectivity index (χ3v) is 2.96. The molecule has 0 unspecified atom stereocenters. The van der Waals surface area contributed by atoms with E-state index in [0.717, 1.165) is 0 Å². The molecule has 1 aromatic carbocycles. The van der Waals surface area contributed by atoms with Gasteiger partial charge in [-0.3, -0.25) is 9.59 Å². The molecule has 0 saturated heterocycles. The van der Waals surface area contributed by atoms with Crippen LogP contribution in [0.5, 0.6) is 0 Å². The van der Waals surface area contributed by atoms with Crippen molar-refractivity contribution in [1.82, 2.24) is 10.6 Å². The monoisotopic (exact) mass is 299 g/mol. The molecule has 1 aromatic rings. The highest BCUT2D eigenvalue weighted by molar-refractivity contribution is 6.36. The van der Waals surface area contributed by atoms with Crippen LogP contribution in [-0.4, -0.2) is 38.6 Å². The summed E-state index contributed by atoms with van der Waals surface area (Å²) in [5.41, 5.74) is 6.26. The van der Waals surface area contributed by atoms with Gasteiger partial charge >= 0.3 is 0 Å². The highest BCUT2D eigenvalue weighted by atomic mass is 35.5. The Morgan fingerprint density at radius 1 is 1.30 bits per heavy atom. The van der Waals surface area contributed by atoms with Crippen molar-refractivity contribution in [1.29, 1.82) is 0 Å². The van der Waals surface area contributed by atoms with E-state index in [1.807, 2.05) is 0 Å².